The first kappa shape index (κ1) is 77.0. The second-order valence-electron chi connectivity index (χ2n) is 26.8. The molecular formula is C77H101N10O13P. The van der Waals surface area contributed by atoms with Gasteiger partial charge in [-0.3, -0.25) is 38.2 Å². The fourth-order valence-electron chi connectivity index (χ4n) is 14.5. The van der Waals surface area contributed by atoms with E-state index in [0.29, 0.717) is 23.5 Å². The first-order chi connectivity index (χ1) is 49.0. The van der Waals surface area contributed by atoms with E-state index in [1.54, 1.807) is 47.7 Å². The monoisotopic (exact) mass is 1400 g/mol. The Balaban J connectivity index is 1.12. The third-order valence-corrected chi connectivity index (χ3v) is 24.0. The number of ether oxygens (including phenoxy) is 7. The summed E-state index contributed by atoms with van der Waals surface area (Å²) in [5.74, 6) is -1.07. The summed E-state index contributed by atoms with van der Waals surface area (Å²) < 4.78 is 66.6. The molecule has 542 valence electrons. The number of H-pyrrole nitrogens is 1. The Morgan fingerprint density at radius 3 is 1.76 bits per heavy atom. The number of fused-ring (bicyclic) bond motifs is 1. The lowest BCUT2D eigenvalue weighted by Gasteiger charge is -2.44. The number of carbonyl (C=O) groups excluding carboxylic acids is 3. The molecule has 23 nitrogen and oxygen atoms in total. The van der Waals surface area contributed by atoms with Crippen LogP contribution in [0.4, 0.5) is 5.82 Å². The fraction of sp³-hybridized carbons (Fsp3) is 0.519. The van der Waals surface area contributed by atoms with Crippen LogP contribution in [0.2, 0.25) is 0 Å². The van der Waals surface area contributed by atoms with Gasteiger partial charge in [0.15, 0.2) is 36.7 Å². The summed E-state index contributed by atoms with van der Waals surface area (Å²) in [6.45, 7) is 9.06. The number of aromatic nitrogens is 6. The van der Waals surface area contributed by atoms with Gasteiger partial charge in [0.05, 0.1) is 58.0 Å². The molecule has 3 aromatic heterocycles. The van der Waals surface area contributed by atoms with Crippen LogP contribution in [0.3, 0.4) is 0 Å². The molecule has 2 N–H and O–H groups in total. The number of benzene rings is 4. The predicted octanol–water partition coefficient (Wildman–Crippen LogP) is 13.4. The molecule has 2 saturated heterocycles. The Morgan fingerprint density at radius 1 is 0.673 bits per heavy atom. The lowest BCUT2D eigenvalue weighted by atomic mass is 9.79. The first-order valence-electron chi connectivity index (χ1n) is 35.7. The third kappa shape index (κ3) is 18.2. The van der Waals surface area contributed by atoms with Crippen molar-refractivity contribution < 1.29 is 52.1 Å². The Labute approximate surface area is 593 Å². The Kier molecular flexibility index (Phi) is 28.3. The van der Waals surface area contributed by atoms with Crippen molar-refractivity contribution >= 4 is 42.0 Å². The summed E-state index contributed by atoms with van der Waals surface area (Å²) in [5.41, 5.74) is -0.589. The van der Waals surface area contributed by atoms with Crippen molar-refractivity contribution in [3.8, 4) is 17.6 Å². The third-order valence-electron chi connectivity index (χ3n) is 19.8. The van der Waals surface area contributed by atoms with Gasteiger partial charge in [-0.15, -0.1) is 0 Å². The molecule has 0 spiro atoms. The van der Waals surface area contributed by atoms with Gasteiger partial charge in [0.25, 0.3) is 11.5 Å². The molecule has 5 heterocycles. The van der Waals surface area contributed by atoms with Crippen LogP contribution < -0.4 is 26.0 Å². The number of imide groups is 1. The minimum absolute atomic E-state index is 0.00697. The number of methoxy groups -OCH3 is 4. The number of rotatable bonds is 39. The molecule has 4 aromatic carbocycles. The molecule has 24 heteroatoms. The van der Waals surface area contributed by atoms with Crippen molar-refractivity contribution in [3.05, 3.63) is 177 Å². The topological polar surface area (TPSA) is 274 Å². The van der Waals surface area contributed by atoms with Gasteiger partial charge >= 0.3 is 5.69 Å². The van der Waals surface area contributed by atoms with Gasteiger partial charge in [-0.05, 0) is 59.5 Å². The lowest BCUT2D eigenvalue weighted by molar-refractivity contribution is -0.149. The summed E-state index contributed by atoms with van der Waals surface area (Å²) in [5, 5.41) is 13.1. The van der Waals surface area contributed by atoms with Crippen molar-refractivity contribution in [1.29, 1.82) is 5.26 Å². The minimum atomic E-state index is -3.54. The van der Waals surface area contributed by atoms with Crippen LogP contribution in [-0.2, 0) is 43.4 Å². The lowest BCUT2D eigenvalue weighted by Crippen LogP contribution is -2.53. The van der Waals surface area contributed by atoms with Crippen LogP contribution in [0.25, 0.3) is 11.2 Å². The summed E-state index contributed by atoms with van der Waals surface area (Å²) in [7, 11) is 2.61. The molecule has 2 fully saturated rings. The number of unbranched alkanes of at least 4 members (excludes halogenated alkanes) is 13. The van der Waals surface area contributed by atoms with Gasteiger partial charge < -0.3 is 43.0 Å². The Bertz CT molecular complexity index is 3940. The number of anilines is 1. The number of aromatic amines is 1. The highest BCUT2D eigenvalue weighted by atomic mass is 31.2. The van der Waals surface area contributed by atoms with E-state index in [4.69, 9.17) is 38.1 Å². The molecule has 0 radical (unpaired) electrons. The maximum Gasteiger partial charge on any atom is 0.330 e. The number of nitrogens with one attached hydrogen (secondary N) is 2. The van der Waals surface area contributed by atoms with Crippen LogP contribution in [0, 0.1) is 17.2 Å². The molecule has 0 aliphatic carbocycles. The van der Waals surface area contributed by atoms with E-state index in [0.717, 1.165) is 48.8 Å². The number of nitrogens with zero attached hydrogens (tertiary/aromatic N) is 8. The second-order valence-corrected chi connectivity index (χ2v) is 30.7. The first-order valence-corrected chi connectivity index (χ1v) is 37.5. The van der Waals surface area contributed by atoms with E-state index >= 15 is 14.2 Å². The molecule has 101 heavy (non-hydrogen) atoms. The zero-order chi connectivity index (χ0) is 72.1. The van der Waals surface area contributed by atoms with Gasteiger partial charge in [-0.1, -0.05) is 191 Å². The number of carbonyl (C=O) groups is 3. The quantitative estimate of drug-likeness (QED) is 0.0206. The maximum absolute atomic E-state index is 16.4. The highest BCUT2D eigenvalue weighted by Crippen LogP contribution is 2.61. The minimum Gasteiger partial charge on any atom is -0.497 e. The molecule has 3 amide bonds. The molecule has 0 bridgehead atoms. The summed E-state index contributed by atoms with van der Waals surface area (Å²) in [4.78, 5) is 89.5. The standard InChI is InChI=1S/C77H101N10O13P/c1-10-11-12-13-14-15-16-17-18-19-20-21-22-29-35-65(89)85(49-62-68(87(46-30-45-78)101(93,53(2)3)54(4)5)70(97-9)75(99-62)84-47-44-64(88)82-76(84)92)66(90)48-61-63(100-74(69(61)96-8)86-52-81-67-71(79-51-80-72(67)86)83-73(91)55-31-25-23-26-32-55)50-98-77(56-33-27-24-28-34-56,57-36-40-59(94-6)41-37-57)58-38-42-60(95-7)43-39-58/h23-28,31-34,36-44,47,51-54,61-63,68-70,74-75H,10-22,29-30,35,46,48-50H2,1-9H3,(H,82,88,92)(H,79,80,83,91)/t61-,62-,63-,68-,69-,70-,74-,75-/m1/s1. The summed E-state index contributed by atoms with van der Waals surface area (Å²) in [6, 6.07) is 36.0. The van der Waals surface area contributed by atoms with Gasteiger partial charge in [0.1, 0.15) is 35.6 Å². The molecular weight excluding hydrogens is 1300 g/mol. The molecule has 8 atom stereocenters. The van der Waals surface area contributed by atoms with Crippen molar-refractivity contribution in [1.82, 2.24) is 38.6 Å². The van der Waals surface area contributed by atoms with Gasteiger partial charge in [0.2, 0.25) is 11.8 Å². The molecule has 7 aromatic rings. The normalized spacial score (nSPS) is 19.3. The maximum atomic E-state index is 16.4. The highest BCUT2D eigenvalue weighted by Gasteiger charge is 2.56. The SMILES string of the molecule is CCCCCCCCCCCCCCCCC(=O)N(C[C@H]1O[C@@H](n2ccc(=O)[nH]c2=O)[C@H](OC)[C@@H]1N(CCC#N)P(=O)(C(C)C)C(C)C)C(=O)C[C@H]1[C@@H](OC)[C@H](n2cnc3c(NC(=O)c4ccccc4)ncnc32)O[C@@H]1COC(c1ccccc1)(c1ccc(OC)cc1)c1ccc(OC)cc1. The van der Waals surface area contributed by atoms with E-state index in [9.17, 15) is 19.6 Å². The highest BCUT2D eigenvalue weighted by molar-refractivity contribution is 7.62. The molecule has 0 unspecified atom stereocenters. The van der Waals surface area contributed by atoms with E-state index in [2.05, 4.69) is 33.3 Å². The average Bonchev–Trinajstić information content (AvgIpc) is 1.68. The predicted molar refractivity (Wildman–Crippen MR) is 387 cm³/mol. The van der Waals surface area contributed by atoms with Crippen LogP contribution in [0.1, 0.15) is 183 Å². The zero-order valence-corrected chi connectivity index (χ0v) is 60.8. The fourth-order valence-corrected chi connectivity index (χ4v) is 18.0. The summed E-state index contributed by atoms with van der Waals surface area (Å²) in [6.07, 6.45) is 12.5. The van der Waals surface area contributed by atoms with Crippen LogP contribution in [-0.4, -0.2) is 146 Å². The van der Waals surface area contributed by atoms with Gasteiger partial charge in [-0.25, -0.2) is 24.4 Å². The van der Waals surface area contributed by atoms with E-state index in [1.807, 2.05) is 113 Å². The van der Waals surface area contributed by atoms with Gasteiger partial charge in [-0.2, -0.15) is 5.26 Å². The number of imidazole rings is 1. The Morgan fingerprint density at radius 2 is 1.22 bits per heavy atom. The number of nitriles is 1. The van der Waals surface area contributed by atoms with Crippen molar-refractivity contribution in [2.24, 2.45) is 5.92 Å². The van der Waals surface area contributed by atoms with E-state index < -0.39 is 109 Å². The van der Waals surface area contributed by atoms with Crippen LogP contribution >= 0.6 is 7.29 Å². The van der Waals surface area contributed by atoms with Gasteiger partial charge in [0, 0.05) is 75.1 Å². The van der Waals surface area contributed by atoms with Crippen molar-refractivity contribution in [3.63, 3.8) is 0 Å². The molecule has 9 rings (SSSR count). The van der Waals surface area contributed by atoms with E-state index in [-0.39, 0.29) is 49.4 Å². The molecule has 2 aliphatic rings. The van der Waals surface area contributed by atoms with Crippen molar-refractivity contribution in [2.75, 3.05) is 53.5 Å². The van der Waals surface area contributed by atoms with Crippen molar-refractivity contribution in [2.45, 2.75) is 204 Å². The number of amides is 3. The number of hydrogen-bond donors (Lipinski definition) is 2. The van der Waals surface area contributed by atoms with Crippen LogP contribution in [0.5, 0.6) is 11.5 Å². The smallest absolute Gasteiger partial charge is 0.330 e. The number of hydrogen-bond acceptors (Lipinski definition) is 17. The Hall–Kier alpha value is -8.20. The second kappa shape index (κ2) is 37.1. The molecule has 0 saturated carbocycles. The summed E-state index contributed by atoms with van der Waals surface area (Å²) >= 11 is 0. The van der Waals surface area contributed by atoms with Crippen LogP contribution in [0.15, 0.2) is 144 Å². The zero-order valence-electron chi connectivity index (χ0n) is 59.9. The molecule has 2 aliphatic heterocycles. The average molecular weight is 1410 g/mol. The largest absolute Gasteiger partial charge is 0.497 e. The van der Waals surface area contributed by atoms with E-state index in [1.165, 1.54) is 100.0 Å².